The van der Waals surface area contributed by atoms with Gasteiger partial charge in [-0.3, -0.25) is 0 Å². The molecule has 21 heavy (non-hydrogen) atoms. The van der Waals surface area contributed by atoms with Crippen LogP contribution in [0.3, 0.4) is 0 Å². The SMILES string of the molecule is COCCN(C1CCSC1)S(=O)(=O)c1cc(C)cc(N)c1. The fraction of sp³-hybridized carbons (Fsp3) is 0.571. The summed E-state index contributed by atoms with van der Waals surface area (Å²) in [6, 6.07) is 5.01. The van der Waals surface area contributed by atoms with Gasteiger partial charge in [0.15, 0.2) is 0 Å². The number of anilines is 1. The summed E-state index contributed by atoms with van der Waals surface area (Å²) in [5.74, 6) is 1.84. The van der Waals surface area contributed by atoms with E-state index in [-0.39, 0.29) is 10.9 Å². The summed E-state index contributed by atoms with van der Waals surface area (Å²) in [6.45, 7) is 2.61. The topological polar surface area (TPSA) is 72.6 Å². The second-order valence-electron chi connectivity index (χ2n) is 5.21. The minimum atomic E-state index is -3.54. The normalized spacial score (nSPS) is 19.3. The highest BCUT2D eigenvalue weighted by Crippen LogP contribution is 2.28. The molecule has 2 rings (SSSR count). The molecular weight excluding hydrogens is 308 g/mol. The Hall–Kier alpha value is -0.760. The number of aryl methyl sites for hydroxylation is 1. The molecule has 1 aromatic carbocycles. The van der Waals surface area contributed by atoms with Gasteiger partial charge >= 0.3 is 0 Å². The molecule has 0 aliphatic carbocycles. The molecule has 1 aromatic rings. The highest BCUT2D eigenvalue weighted by molar-refractivity contribution is 7.99. The third-order valence-corrected chi connectivity index (χ3v) is 6.58. The summed E-state index contributed by atoms with van der Waals surface area (Å²) in [5.41, 5.74) is 7.12. The van der Waals surface area contributed by atoms with Crippen LogP contribution in [0.15, 0.2) is 23.1 Å². The molecule has 1 aliphatic rings. The summed E-state index contributed by atoms with van der Waals surface area (Å²) in [4.78, 5) is 0.271. The first-order valence-corrected chi connectivity index (χ1v) is 9.50. The Balaban J connectivity index is 2.35. The smallest absolute Gasteiger partial charge is 0.243 e. The fourth-order valence-corrected chi connectivity index (χ4v) is 5.59. The van der Waals surface area contributed by atoms with Crippen LogP contribution < -0.4 is 5.73 Å². The monoisotopic (exact) mass is 330 g/mol. The van der Waals surface area contributed by atoms with Gasteiger partial charge < -0.3 is 10.5 Å². The maximum Gasteiger partial charge on any atom is 0.243 e. The molecule has 1 aliphatic heterocycles. The van der Waals surface area contributed by atoms with Gasteiger partial charge in [0.1, 0.15) is 0 Å². The van der Waals surface area contributed by atoms with Gasteiger partial charge in [0.25, 0.3) is 0 Å². The molecule has 2 N–H and O–H groups in total. The van der Waals surface area contributed by atoms with Crippen LogP contribution in [0.5, 0.6) is 0 Å². The van der Waals surface area contributed by atoms with Gasteiger partial charge in [-0.15, -0.1) is 0 Å². The lowest BCUT2D eigenvalue weighted by atomic mass is 10.2. The molecule has 1 atom stereocenters. The number of hydrogen-bond acceptors (Lipinski definition) is 5. The second-order valence-corrected chi connectivity index (χ2v) is 8.25. The largest absolute Gasteiger partial charge is 0.399 e. The van der Waals surface area contributed by atoms with E-state index in [1.54, 1.807) is 35.3 Å². The molecule has 0 radical (unpaired) electrons. The van der Waals surface area contributed by atoms with Gasteiger partial charge in [-0.05, 0) is 42.9 Å². The molecule has 0 amide bonds. The summed E-state index contributed by atoms with van der Waals surface area (Å²) >= 11 is 1.79. The van der Waals surface area contributed by atoms with E-state index in [0.717, 1.165) is 23.5 Å². The molecule has 0 saturated carbocycles. The number of sulfonamides is 1. The van der Waals surface area contributed by atoms with Crippen molar-refractivity contribution < 1.29 is 13.2 Å². The number of thioether (sulfide) groups is 1. The molecule has 0 bridgehead atoms. The Labute approximate surface area is 130 Å². The number of rotatable bonds is 6. The van der Waals surface area contributed by atoms with Crippen molar-refractivity contribution in [2.45, 2.75) is 24.3 Å². The predicted molar refractivity (Wildman–Crippen MR) is 87.1 cm³/mol. The first-order valence-electron chi connectivity index (χ1n) is 6.91. The number of nitrogens with zero attached hydrogens (tertiary/aromatic N) is 1. The van der Waals surface area contributed by atoms with Crippen LogP contribution >= 0.6 is 11.8 Å². The number of nitrogen functional groups attached to an aromatic ring is 1. The van der Waals surface area contributed by atoms with Gasteiger partial charge in [0.05, 0.1) is 11.5 Å². The van der Waals surface area contributed by atoms with Crippen LogP contribution in [0.2, 0.25) is 0 Å². The van der Waals surface area contributed by atoms with Gasteiger partial charge in [-0.25, -0.2) is 8.42 Å². The summed E-state index contributed by atoms with van der Waals surface area (Å²) in [7, 11) is -1.96. The van der Waals surface area contributed by atoms with E-state index in [1.807, 2.05) is 6.92 Å². The average molecular weight is 330 g/mol. The van der Waals surface area contributed by atoms with Crippen LogP contribution in [-0.4, -0.2) is 50.5 Å². The van der Waals surface area contributed by atoms with E-state index in [9.17, 15) is 8.42 Å². The fourth-order valence-electron chi connectivity index (χ4n) is 2.49. The summed E-state index contributed by atoms with van der Waals surface area (Å²) in [5, 5.41) is 0. The average Bonchev–Trinajstić information content (AvgIpc) is 2.91. The highest BCUT2D eigenvalue weighted by atomic mass is 32.2. The zero-order valence-electron chi connectivity index (χ0n) is 12.4. The van der Waals surface area contributed by atoms with Gasteiger partial charge in [-0.1, -0.05) is 0 Å². The Bertz CT molecular complexity index is 564. The molecule has 1 saturated heterocycles. The van der Waals surface area contributed by atoms with Crippen molar-refractivity contribution in [1.29, 1.82) is 0 Å². The van der Waals surface area contributed by atoms with Crippen LogP contribution in [-0.2, 0) is 14.8 Å². The second kappa shape index (κ2) is 7.00. The third-order valence-electron chi connectivity index (χ3n) is 3.51. The van der Waals surface area contributed by atoms with Crippen molar-refractivity contribution in [3.8, 4) is 0 Å². The lowest BCUT2D eigenvalue weighted by molar-refractivity contribution is 0.169. The third kappa shape index (κ3) is 3.91. The summed E-state index contributed by atoms with van der Waals surface area (Å²) in [6.07, 6.45) is 0.884. The lowest BCUT2D eigenvalue weighted by Gasteiger charge is -2.27. The predicted octanol–water partition coefficient (Wildman–Crippen LogP) is 1.72. The molecule has 1 heterocycles. The van der Waals surface area contributed by atoms with Crippen molar-refractivity contribution in [1.82, 2.24) is 4.31 Å². The van der Waals surface area contributed by atoms with Crippen LogP contribution in [0, 0.1) is 6.92 Å². The van der Waals surface area contributed by atoms with E-state index >= 15 is 0 Å². The first kappa shape index (κ1) is 16.6. The Morgan fingerprint density at radius 2 is 2.19 bits per heavy atom. The van der Waals surface area contributed by atoms with Crippen molar-refractivity contribution in [3.63, 3.8) is 0 Å². The number of benzene rings is 1. The van der Waals surface area contributed by atoms with Gasteiger partial charge in [0.2, 0.25) is 10.0 Å². The quantitative estimate of drug-likeness (QED) is 0.804. The maximum atomic E-state index is 12.9. The summed E-state index contributed by atoms with van der Waals surface area (Å²) < 4.78 is 32.5. The van der Waals surface area contributed by atoms with Crippen molar-refractivity contribution in [2.75, 3.05) is 37.5 Å². The van der Waals surface area contributed by atoms with E-state index in [2.05, 4.69) is 0 Å². The maximum absolute atomic E-state index is 12.9. The minimum Gasteiger partial charge on any atom is -0.399 e. The van der Waals surface area contributed by atoms with Gasteiger partial charge in [-0.2, -0.15) is 16.1 Å². The number of methoxy groups -OCH3 is 1. The highest BCUT2D eigenvalue weighted by Gasteiger charge is 2.33. The van der Waals surface area contributed by atoms with E-state index in [1.165, 1.54) is 6.07 Å². The van der Waals surface area contributed by atoms with Crippen molar-refractivity contribution in [3.05, 3.63) is 23.8 Å². The van der Waals surface area contributed by atoms with Crippen LogP contribution in [0.4, 0.5) is 5.69 Å². The Morgan fingerprint density at radius 1 is 1.43 bits per heavy atom. The molecule has 118 valence electrons. The molecule has 5 nitrogen and oxygen atoms in total. The molecule has 0 aromatic heterocycles. The number of hydrogen-bond donors (Lipinski definition) is 1. The molecule has 1 unspecified atom stereocenters. The zero-order chi connectivity index (χ0) is 15.5. The van der Waals surface area contributed by atoms with Crippen molar-refractivity contribution >= 4 is 27.5 Å². The van der Waals surface area contributed by atoms with Crippen molar-refractivity contribution in [2.24, 2.45) is 0 Å². The standard InChI is InChI=1S/C14H22N2O3S2/c1-11-7-12(15)9-14(8-11)21(17,18)16(4-5-19-2)13-3-6-20-10-13/h7-9,13H,3-6,10,15H2,1-2H3. The van der Waals surface area contributed by atoms with Gasteiger partial charge in [0, 0.05) is 31.1 Å². The van der Waals surface area contributed by atoms with E-state index < -0.39 is 10.0 Å². The molecule has 0 spiro atoms. The number of ether oxygens (including phenoxy) is 1. The van der Waals surface area contributed by atoms with E-state index in [0.29, 0.717) is 18.8 Å². The van der Waals surface area contributed by atoms with Crippen LogP contribution in [0.25, 0.3) is 0 Å². The Morgan fingerprint density at radius 3 is 2.76 bits per heavy atom. The molecule has 7 heteroatoms. The minimum absolute atomic E-state index is 0.0388. The first-order chi connectivity index (χ1) is 9.95. The van der Waals surface area contributed by atoms with Crippen LogP contribution in [0.1, 0.15) is 12.0 Å². The molecule has 1 fully saturated rings. The zero-order valence-corrected chi connectivity index (χ0v) is 14.0. The Kier molecular flexibility index (Phi) is 5.54. The number of nitrogens with two attached hydrogens (primary N) is 1. The lowest BCUT2D eigenvalue weighted by Crippen LogP contribution is -2.42. The van der Waals surface area contributed by atoms with E-state index in [4.69, 9.17) is 10.5 Å². The molecular formula is C14H22N2O3S2.